The number of rotatable bonds is 0. The number of likely N-dealkylation sites (N-methyl/N-ethyl adjacent to an activating group) is 1. The average Bonchev–Trinajstić information content (AvgIpc) is 2.72. The minimum atomic E-state index is 1.01. The number of para-hydroxylation sites is 3. The van der Waals surface area contributed by atoms with Crippen LogP contribution in [0, 0.1) is 0 Å². The number of anilines is 2. The van der Waals surface area contributed by atoms with Crippen LogP contribution >= 0.6 is 0 Å². The second-order valence-electron chi connectivity index (χ2n) is 5.91. The predicted molar refractivity (Wildman–Crippen MR) is 91.4 cm³/mol. The van der Waals surface area contributed by atoms with E-state index in [0.717, 1.165) is 49.1 Å². The van der Waals surface area contributed by atoms with Gasteiger partial charge in [0.2, 0.25) is 0 Å². The van der Waals surface area contributed by atoms with Crippen molar-refractivity contribution in [2.45, 2.75) is 0 Å². The second kappa shape index (κ2) is 5.46. The van der Waals surface area contributed by atoms with Crippen molar-refractivity contribution in [3.63, 3.8) is 0 Å². The molecule has 2 aliphatic heterocycles. The summed E-state index contributed by atoms with van der Waals surface area (Å²) in [7, 11) is 2.18. The van der Waals surface area contributed by atoms with Crippen molar-refractivity contribution in [2.24, 2.45) is 4.99 Å². The Morgan fingerprint density at radius 2 is 1.55 bits per heavy atom. The molecule has 0 amide bonds. The Morgan fingerprint density at radius 1 is 0.864 bits per heavy atom. The summed E-state index contributed by atoms with van der Waals surface area (Å²) in [6.07, 6.45) is 0. The first kappa shape index (κ1) is 13.3. The van der Waals surface area contributed by atoms with Crippen molar-refractivity contribution in [1.82, 2.24) is 9.80 Å². The summed E-state index contributed by atoms with van der Waals surface area (Å²) in [4.78, 5) is 9.76. The van der Waals surface area contributed by atoms with Crippen molar-refractivity contribution >= 4 is 22.9 Å². The van der Waals surface area contributed by atoms with Crippen LogP contribution in [0.25, 0.3) is 0 Å². The van der Waals surface area contributed by atoms with E-state index in [1.54, 1.807) is 0 Å². The van der Waals surface area contributed by atoms with Gasteiger partial charge in [0, 0.05) is 37.4 Å². The molecule has 0 aromatic heterocycles. The van der Waals surface area contributed by atoms with Gasteiger partial charge in [-0.25, -0.2) is 4.99 Å². The smallest absolute Gasteiger partial charge is 0.138 e. The zero-order valence-corrected chi connectivity index (χ0v) is 12.8. The van der Waals surface area contributed by atoms with Crippen molar-refractivity contribution in [1.29, 1.82) is 0 Å². The van der Waals surface area contributed by atoms with E-state index in [2.05, 4.69) is 58.6 Å². The molecule has 1 N–H and O–H groups in total. The van der Waals surface area contributed by atoms with E-state index in [-0.39, 0.29) is 0 Å². The molecule has 22 heavy (non-hydrogen) atoms. The minimum Gasteiger partial charge on any atom is -0.353 e. The highest BCUT2D eigenvalue weighted by Gasteiger charge is 2.23. The van der Waals surface area contributed by atoms with Crippen LogP contribution in [0.1, 0.15) is 5.56 Å². The van der Waals surface area contributed by atoms with Crippen molar-refractivity contribution in [3.8, 4) is 0 Å². The van der Waals surface area contributed by atoms with Crippen LogP contribution in [0.4, 0.5) is 17.1 Å². The van der Waals surface area contributed by atoms with Crippen molar-refractivity contribution in [3.05, 3.63) is 54.1 Å². The molecule has 4 rings (SSSR count). The van der Waals surface area contributed by atoms with Crippen LogP contribution in [0.2, 0.25) is 0 Å². The number of hydrogen-bond donors (Lipinski definition) is 1. The fraction of sp³-hybridized carbons (Fsp3) is 0.278. The van der Waals surface area contributed by atoms with Gasteiger partial charge in [0.25, 0.3) is 0 Å². The largest absolute Gasteiger partial charge is 0.353 e. The molecule has 0 aliphatic carbocycles. The van der Waals surface area contributed by atoms with Gasteiger partial charge in [0.15, 0.2) is 0 Å². The number of piperazine rings is 1. The quantitative estimate of drug-likeness (QED) is 0.809. The van der Waals surface area contributed by atoms with E-state index in [1.165, 1.54) is 5.56 Å². The number of fused-ring (bicyclic) bond motifs is 2. The maximum absolute atomic E-state index is 4.99. The number of aliphatic imine (C=N–C) groups is 1. The average molecular weight is 291 g/mol. The van der Waals surface area contributed by atoms with Crippen LogP contribution in [0.15, 0.2) is 53.5 Å². The van der Waals surface area contributed by atoms with Gasteiger partial charge in [-0.1, -0.05) is 24.3 Å². The number of benzene rings is 2. The van der Waals surface area contributed by atoms with Crippen molar-refractivity contribution in [2.75, 3.05) is 38.5 Å². The van der Waals surface area contributed by atoms with Gasteiger partial charge in [-0.15, -0.1) is 0 Å². The van der Waals surface area contributed by atoms with E-state index < -0.39 is 0 Å². The second-order valence-corrected chi connectivity index (χ2v) is 5.91. The van der Waals surface area contributed by atoms with Crippen LogP contribution in [0.3, 0.4) is 0 Å². The van der Waals surface area contributed by atoms with Gasteiger partial charge < -0.3 is 15.1 Å². The molecule has 4 heteroatoms. The molecular formula is C18H20N4. The lowest BCUT2D eigenvalue weighted by molar-refractivity contribution is 0.216. The normalized spacial score (nSPS) is 17.9. The van der Waals surface area contributed by atoms with E-state index in [9.17, 15) is 0 Å². The Bertz CT molecular complexity index is 715. The van der Waals surface area contributed by atoms with Gasteiger partial charge in [-0.3, -0.25) is 0 Å². The monoisotopic (exact) mass is 291 g/mol. The van der Waals surface area contributed by atoms with Gasteiger partial charge >= 0.3 is 0 Å². The summed E-state index contributed by atoms with van der Waals surface area (Å²) < 4.78 is 0. The fourth-order valence-corrected chi connectivity index (χ4v) is 3.04. The summed E-state index contributed by atoms with van der Waals surface area (Å²) in [6.45, 7) is 4.20. The molecule has 0 spiro atoms. The lowest BCUT2D eigenvalue weighted by Crippen LogP contribution is -2.47. The number of nitrogens with one attached hydrogen (secondary N) is 1. The van der Waals surface area contributed by atoms with E-state index in [1.807, 2.05) is 12.1 Å². The molecule has 0 atom stereocenters. The summed E-state index contributed by atoms with van der Waals surface area (Å²) in [5.74, 6) is 1.08. The Balaban J connectivity index is 1.82. The topological polar surface area (TPSA) is 30.9 Å². The summed E-state index contributed by atoms with van der Waals surface area (Å²) >= 11 is 0. The first-order chi connectivity index (χ1) is 10.8. The third-order valence-electron chi connectivity index (χ3n) is 4.37. The fourth-order valence-electron chi connectivity index (χ4n) is 3.04. The molecular weight excluding hydrogens is 271 g/mol. The molecule has 2 aromatic rings. The summed E-state index contributed by atoms with van der Waals surface area (Å²) in [5.41, 5.74) is 4.39. The van der Waals surface area contributed by atoms with Crippen LogP contribution < -0.4 is 5.32 Å². The molecule has 112 valence electrons. The van der Waals surface area contributed by atoms with Gasteiger partial charge in [-0.2, -0.15) is 0 Å². The standard InChI is InChI=1S/C18H20N4/c1-21-10-12-22(13-11-21)18-14-6-2-3-7-15(14)19-16-8-4-5-9-17(16)20-18/h2-9,19H,10-13H2,1H3/i1-1. The Morgan fingerprint density at radius 3 is 2.36 bits per heavy atom. The van der Waals surface area contributed by atoms with Crippen LogP contribution in [0.5, 0.6) is 0 Å². The molecule has 0 radical (unpaired) electrons. The molecule has 2 aromatic carbocycles. The van der Waals surface area contributed by atoms with Gasteiger partial charge in [0.1, 0.15) is 5.84 Å². The van der Waals surface area contributed by atoms with Crippen LogP contribution in [-0.2, 0) is 0 Å². The Kier molecular flexibility index (Phi) is 3.31. The highest BCUT2D eigenvalue weighted by atomic mass is 15.3. The lowest BCUT2D eigenvalue weighted by Gasteiger charge is -2.34. The lowest BCUT2D eigenvalue weighted by atomic mass is 10.1. The van der Waals surface area contributed by atoms with Gasteiger partial charge in [-0.05, 0) is 31.3 Å². The van der Waals surface area contributed by atoms with Crippen molar-refractivity contribution < 1.29 is 0 Å². The number of hydrogen-bond acceptors (Lipinski definition) is 4. The Labute approximate surface area is 131 Å². The molecule has 2 aliphatic rings. The molecule has 4 nitrogen and oxygen atoms in total. The SMILES string of the molecule is [11CH3]N1CCN(C2=Nc3ccccc3Nc3ccccc32)CC1. The Hall–Kier alpha value is -2.33. The van der Waals surface area contributed by atoms with E-state index in [0.29, 0.717) is 0 Å². The zero-order valence-electron chi connectivity index (χ0n) is 12.8. The third-order valence-corrected chi connectivity index (χ3v) is 4.37. The first-order valence-corrected chi connectivity index (χ1v) is 7.79. The summed E-state index contributed by atoms with van der Waals surface area (Å²) in [5, 5.41) is 3.53. The molecule has 1 fully saturated rings. The molecule has 2 heterocycles. The maximum Gasteiger partial charge on any atom is 0.138 e. The van der Waals surface area contributed by atoms with Crippen LogP contribution in [-0.4, -0.2) is 48.9 Å². The van der Waals surface area contributed by atoms with E-state index in [4.69, 9.17) is 4.99 Å². The highest BCUT2D eigenvalue weighted by Crippen LogP contribution is 2.34. The predicted octanol–water partition coefficient (Wildman–Crippen LogP) is 3.07. The van der Waals surface area contributed by atoms with Gasteiger partial charge in [0.05, 0.1) is 11.4 Å². The zero-order chi connectivity index (χ0) is 14.9. The number of nitrogens with zero attached hydrogens (tertiary/aromatic N) is 3. The number of amidine groups is 1. The highest BCUT2D eigenvalue weighted by molar-refractivity contribution is 6.07. The maximum atomic E-state index is 4.99. The summed E-state index contributed by atoms with van der Waals surface area (Å²) in [6, 6.07) is 16.7. The van der Waals surface area contributed by atoms with E-state index >= 15 is 0 Å². The third kappa shape index (κ3) is 2.35. The minimum absolute atomic E-state index is 1.01. The molecule has 0 unspecified atom stereocenters. The molecule has 0 saturated carbocycles. The molecule has 1 saturated heterocycles. The molecule has 0 bridgehead atoms. The first-order valence-electron chi connectivity index (χ1n) is 7.79.